The van der Waals surface area contributed by atoms with Gasteiger partial charge in [0.05, 0.1) is 11.9 Å². The van der Waals surface area contributed by atoms with E-state index in [1.165, 1.54) is 0 Å². The van der Waals surface area contributed by atoms with Gasteiger partial charge in [-0.15, -0.1) is 0 Å². The molecule has 1 N–H and O–H groups in total. The number of carbonyl (C=O) groups excluding carboxylic acids is 2. The van der Waals surface area contributed by atoms with Crippen molar-refractivity contribution in [2.45, 2.75) is 0 Å². The van der Waals surface area contributed by atoms with Crippen LogP contribution in [0.3, 0.4) is 0 Å². The summed E-state index contributed by atoms with van der Waals surface area (Å²) in [6.07, 6.45) is 0. The maximum Gasteiger partial charge on any atom is 2.00 e. The summed E-state index contributed by atoms with van der Waals surface area (Å²) in [6, 6.07) is 0. The molecule has 5 nitrogen and oxygen atoms in total. The Bertz CT molecular complexity index is 79.0. The topological polar surface area (TPSA) is 110 Å². The molecule has 0 saturated heterocycles. The summed E-state index contributed by atoms with van der Waals surface area (Å²) in [4.78, 5) is 17.9. The van der Waals surface area contributed by atoms with Crippen molar-refractivity contribution in [3.05, 3.63) is 0 Å². The zero-order valence-electron chi connectivity index (χ0n) is 4.49. The van der Waals surface area contributed by atoms with Crippen molar-refractivity contribution in [2.24, 2.45) is 0 Å². The molecule has 0 atom stereocenters. The summed E-state index contributed by atoms with van der Waals surface area (Å²) < 4.78 is 0. The van der Waals surface area contributed by atoms with E-state index in [2.05, 4.69) is 0 Å². The van der Waals surface area contributed by atoms with Crippen molar-refractivity contribution in [3.8, 4) is 0 Å². The molecule has 0 aliphatic rings. The molecule has 0 spiro atoms. The molecule has 0 aromatic carbocycles. The van der Waals surface area contributed by atoms with E-state index in [0.29, 0.717) is 0 Å². The Hall–Kier alpha value is 1.42. The zero-order chi connectivity index (χ0) is 5.15. The molecule has 0 rings (SSSR count). The molecule has 0 saturated carbocycles. The minimum atomic E-state index is -2.19. The Labute approximate surface area is 111 Å². The molecule has 42 valence electrons. The number of carbonyl (C=O) groups is 2. The predicted octanol–water partition coefficient (Wildman–Crippen LogP) is -4.45. The van der Waals surface area contributed by atoms with Crippen LogP contribution in [0.5, 0.6) is 0 Å². The van der Waals surface area contributed by atoms with E-state index in [0.717, 1.165) is 0 Å². The van der Waals surface area contributed by atoms with Gasteiger partial charge in [-0.2, -0.15) is 0 Å². The van der Waals surface area contributed by atoms with Crippen LogP contribution in [-0.2, 0) is 9.59 Å². The number of carboxylic acids is 2. The van der Waals surface area contributed by atoms with Gasteiger partial charge in [-0.3, -0.25) is 0 Å². The Kier molecular flexibility index (Phi) is 30.2. The van der Waals surface area contributed by atoms with Crippen LogP contribution in [0.15, 0.2) is 0 Å². The van der Waals surface area contributed by atoms with Crippen LogP contribution in [0.25, 0.3) is 0 Å². The second-order valence-electron chi connectivity index (χ2n) is 0.575. The number of rotatable bonds is 0. The van der Waals surface area contributed by atoms with Gasteiger partial charge in [-0.25, -0.2) is 0 Å². The monoisotopic (exact) mass is 185 g/mol. The van der Waals surface area contributed by atoms with Gasteiger partial charge in [0.15, 0.2) is 0 Å². The maximum absolute atomic E-state index is 8.93. The fraction of sp³-hybridized carbons (Fsp3) is 0. The van der Waals surface area contributed by atoms with Gasteiger partial charge in [0.25, 0.3) is 0 Å². The molecule has 0 aliphatic heterocycles. The molecule has 7 heteroatoms. The Morgan fingerprint density at radius 3 is 1.00 bits per heavy atom. The van der Waals surface area contributed by atoms with E-state index >= 15 is 0 Å². The largest absolute Gasteiger partial charge is 2.00 e. The molecular formula is C2HCa2O5+. The fourth-order valence-electron chi connectivity index (χ4n) is 0. The smallest absolute Gasteiger partial charge is 0.870 e. The van der Waals surface area contributed by atoms with Crippen LogP contribution in [0.4, 0.5) is 0 Å². The summed E-state index contributed by atoms with van der Waals surface area (Å²) in [6.45, 7) is 0. The van der Waals surface area contributed by atoms with Crippen molar-refractivity contribution >= 4 is 87.4 Å². The fourth-order valence-corrected chi connectivity index (χ4v) is 0. The van der Waals surface area contributed by atoms with Crippen molar-refractivity contribution in [3.63, 3.8) is 0 Å². The molecule has 0 radical (unpaired) electrons. The van der Waals surface area contributed by atoms with Gasteiger partial charge in [0, 0.05) is 0 Å². The van der Waals surface area contributed by atoms with E-state index in [1.54, 1.807) is 0 Å². The molecule has 0 amide bonds. The molecule has 0 aromatic rings. The Morgan fingerprint density at radius 2 is 1.00 bits per heavy atom. The van der Waals surface area contributed by atoms with Gasteiger partial charge < -0.3 is 25.3 Å². The summed E-state index contributed by atoms with van der Waals surface area (Å²) in [5, 5.41) is 17.9. The molecule has 0 fully saturated rings. The van der Waals surface area contributed by atoms with Crippen LogP contribution in [-0.4, -0.2) is 92.9 Å². The quantitative estimate of drug-likeness (QED) is 0.279. The van der Waals surface area contributed by atoms with E-state index in [1.807, 2.05) is 0 Å². The Balaban J connectivity index is -0.0000000417. The van der Waals surface area contributed by atoms with Crippen LogP contribution < -0.4 is 10.2 Å². The molecule has 0 unspecified atom stereocenters. The second kappa shape index (κ2) is 12.1. The summed E-state index contributed by atoms with van der Waals surface area (Å²) >= 11 is 0. The van der Waals surface area contributed by atoms with Gasteiger partial charge in [0.2, 0.25) is 0 Å². The molecule has 0 aromatic heterocycles. The first-order chi connectivity index (χ1) is 2.64. The minimum Gasteiger partial charge on any atom is -0.870 e. The van der Waals surface area contributed by atoms with E-state index in [-0.39, 0.29) is 81.0 Å². The minimum absolute atomic E-state index is 0. The molecule has 9 heavy (non-hydrogen) atoms. The standard InChI is InChI=1S/C2H2O4.2Ca.H2O/c3-1(4)2(5)6;;;/h(H,3,4)(H,5,6);;;1H2/q;2*+2;/p-3. The van der Waals surface area contributed by atoms with Crippen LogP contribution in [0.2, 0.25) is 0 Å². The van der Waals surface area contributed by atoms with Gasteiger partial charge >= 0.3 is 75.5 Å². The first kappa shape index (κ1) is 22.4. The number of aliphatic carboxylic acids is 2. The average Bonchev–Trinajstić information content (AvgIpc) is 1.36. The first-order valence-corrected chi connectivity index (χ1v) is 1.07. The summed E-state index contributed by atoms with van der Waals surface area (Å²) in [7, 11) is 0. The normalized spacial score (nSPS) is 4.89. The van der Waals surface area contributed by atoms with E-state index in [9.17, 15) is 0 Å². The third-order valence-electron chi connectivity index (χ3n) is 0.167. The third-order valence-corrected chi connectivity index (χ3v) is 0.167. The van der Waals surface area contributed by atoms with Gasteiger partial charge in [0.1, 0.15) is 0 Å². The van der Waals surface area contributed by atoms with E-state index in [4.69, 9.17) is 19.8 Å². The summed E-state index contributed by atoms with van der Waals surface area (Å²) in [5.41, 5.74) is 0. The number of hydrogen-bond donors (Lipinski definition) is 0. The summed E-state index contributed by atoms with van der Waals surface area (Å²) in [5.74, 6) is -4.37. The van der Waals surface area contributed by atoms with Gasteiger partial charge in [-0.1, -0.05) is 0 Å². The van der Waals surface area contributed by atoms with Crippen LogP contribution >= 0.6 is 0 Å². The Morgan fingerprint density at radius 1 is 0.889 bits per heavy atom. The van der Waals surface area contributed by atoms with E-state index < -0.39 is 11.9 Å². The van der Waals surface area contributed by atoms with Crippen molar-refractivity contribution in [2.75, 3.05) is 0 Å². The van der Waals surface area contributed by atoms with Gasteiger partial charge in [-0.05, 0) is 0 Å². The zero-order valence-corrected chi connectivity index (χ0v) is 8.91. The third kappa shape index (κ3) is 17.7. The number of carboxylic acid groups (broad SMARTS) is 2. The molecule has 0 aliphatic carbocycles. The van der Waals surface area contributed by atoms with Crippen molar-refractivity contribution < 1.29 is 25.3 Å². The molecular weight excluding hydrogens is 184 g/mol. The van der Waals surface area contributed by atoms with Crippen molar-refractivity contribution in [1.29, 1.82) is 0 Å². The average molecular weight is 185 g/mol. The maximum atomic E-state index is 8.93. The van der Waals surface area contributed by atoms with Crippen LogP contribution in [0.1, 0.15) is 0 Å². The van der Waals surface area contributed by atoms with Crippen molar-refractivity contribution in [1.82, 2.24) is 0 Å². The molecule has 0 bridgehead atoms. The SMILES string of the molecule is O=C([O-])C(=O)[O-].[Ca+2].[Ca+2].[OH-]. The van der Waals surface area contributed by atoms with Crippen LogP contribution in [0, 0.1) is 0 Å². The number of hydrogen-bond acceptors (Lipinski definition) is 5. The second-order valence-corrected chi connectivity index (χ2v) is 0.575. The molecule has 0 heterocycles. The predicted molar refractivity (Wildman–Crippen MR) is 23.5 cm³/mol. The first-order valence-electron chi connectivity index (χ1n) is 1.07.